The van der Waals surface area contributed by atoms with Crippen molar-refractivity contribution in [2.45, 2.75) is 51.5 Å². The Morgan fingerprint density at radius 3 is 3.00 bits per heavy atom. The molecular weight excluding hydrogens is 210 g/mol. The normalized spacial score (nSPS) is 25.8. The van der Waals surface area contributed by atoms with Gasteiger partial charge in [0.2, 0.25) is 0 Å². The minimum absolute atomic E-state index is 0.747. The number of aromatic nitrogens is 2. The van der Waals surface area contributed by atoms with Crippen molar-refractivity contribution in [3.05, 3.63) is 18.0 Å². The molecular formula is C14H25N3. The Morgan fingerprint density at radius 2 is 2.24 bits per heavy atom. The first-order chi connectivity index (χ1) is 8.24. The Bertz CT molecular complexity index is 332. The average Bonchev–Trinajstić information content (AvgIpc) is 2.59. The van der Waals surface area contributed by atoms with Gasteiger partial charge >= 0.3 is 0 Å². The Morgan fingerprint density at radius 1 is 1.35 bits per heavy atom. The first-order valence-corrected chi connectivity index (χ1v) is 6.95. The van der Waals surface area contributed by atoms with Crippen LogP contribution >= 0.6 is 0 Å². The summed E-state index contributed by atoms with van der Waals surface area (Å²) in [6.07, 6.45) is 12.1. The molecule has 3 heteroatoms. The highest BCUT2D eigenvalue weighted by Crippen LogP contribution is 2.22. The summed E-state index contributed by atoms with van der Waals surface area (Å²) in [7, 11) is 1.98. The zero-order chi connectivity index (χ0) is 12.1. The summed E-state index contributed by atoms with van der Waals surface area (Å²) in [4.78, 5) is 0. The SMILES string of the molecule is CC1CCCC(NCCc2cnn(C)c2)CC1. The molecule has 0 radical (unpaired) electrons. The molecule has 1 saturated carbocycles. The summed E-state index contributed by atoms with van der Waals surface area (Å²) < 4.78 is 1.88. The lowest BCUT2D eigenvalue weighted by atomic mass is 10.0. The second kappa shape index (κ2) is 6.20. The van der Waals surface area contributed by atoms with E-state index in [-0.39, 0.29) is 0 Å². The van der Waals surface area contributed by atoms with E-state index in [9.17, 15) is 0 Å². The lowest BCUT2D eigenvalue weighted by Gasteiger charge is -2.15. The van der Waals surface area contributed by atoms with Gasteiger partial charge in [-0.3, -0.25) is 4.68 Å². The van der Waals surface area contributed by atoms with E-state index in [1.54, 1.807) is 0 Å². The molecule has 17 heavy (non-hydrogen) atoms. The van der Waals surface area contributed by atoms with Gasteiger partial charge in [-0.05, 0) is 43.7 Å². The Labute approximate surface area is 105 Å². The van der Waals surface area contributed by atoms with Gasteiger partial charge in [-0.25, -0.2) is 0 Å². The van der Waals surface area contributed by atoms with Crippen molar-refractivity contribution in [3.63, 3.8) is 0 Å². The van der Waals surface area contributed by atoms with Gasteiger partial charge in [0.05, 0.1) is 6.20 Å². The monoisotopic (exact) mass is 235 g/mol. The zero-order valence-corrected chi connectivity index (χ0v) is 11.2. The van der Waals surface area contributed by atoms with E-state index in [2.05, 4.69) is 23.5 Å². The summed E-state index contributed by atoms with van der Waals surface area (Å²) >= 11 is 0. The maximum atomic E-state index is 4.20. The smallest absolute Gasteiger partial charge is 0.0522 e. The van der Waals surface area contributed by atoms with Crippen LogP contribution < -0.4 is 5.32 Å². The standard InChI is InChI=1S/C14H25N3/c1-12-4-3-5-14(7-6-12)15-9-8-13-10-16-17(2)11-13/h10-12,14-15H,3-9H2,1-2H3. The topological polar surface area (TPSA) is 29.9 Å². The fourth-order valence-corrected chi connectivity index (χ4v) is 2.71. The number of nitrogens with zero attached hydrogens (tertiary/aromatic N) is 2. The van der Waals surface area contributed by atoms with Gasteiger partial charge in [0, 0.05) is 19.3 Å². The maximum Gasteiger partial charge on any atom is 0.0522 e. The summed E-state index contributed by atoms with van der Waals surface area (Å²) in [6.45, 7) is 3.47. The molecule has 2 unspecified atom stereocenters. The van der Waals surface area contributed by atoms with Gasteiger partial charge in [0.1, 0.15) is 0 Å². The molecule has 1 aliphatic carbocycles. The predicted molar refractivity (Wildman–Crippen MR) is 71.0 cm³/mol. The van der Waals surface area contributed by atoms with Crippen LogP contribution in [0.1, 0.15) is 44.6 Å². The van der Waals surface area contributed by atoms with E-state index >= 15 is 0 Å². The molecule has 1 N–H and O–H groups in total. The molecule has 1 heterocycles. The lowest BCUT2D eigenvalue weighted by Crippen LogP contribution is -2.30. The molecule has 1 aliphatic rings. The van der Waals surface area contributed by atoms with Crippen molar-refractivity contribution in [2.24, 2.45) is 13.0 Å². The van der Waals surface area contributed by atoms with Crippen molar-refractivity contribution < 1.29 is 0 Å². The first kappa shape index (κ1) is 12.6. The summed E-state index contributed by atoms with van der Waals surface area (Å²) in [6, 6.07) is 0.747. The number of rotatable bonds is 4. The molecule has 3 nitrogen and oxygen atoms in total. The van der Waals surface area contributed by atoms with E-state index in [4.69, 9.17) is 0 Å². The molecule has 1 aromatic heterocycles. The van der Waals surface area contributed by atoms with E-state index in [1.807, 2.05) is 17.9 Å². The summed E-state index contributed by atoms with van der Waals surface area (Å²) in [5, 5.41) is 7.90. The predicted octanol–water partition coefficient (Wildman–Crippen LogP) is 2.52. The van der Waals surface area contributed by atoms with Crippen LogP contribution in [0.2, 0.25) is 0 Å². The first-order valence-electron chi connectivity index (χ1n) is 6.95. The molecule has 2 rings (SSSR count). The lowest BCUT2D eigenvalue weighted by molar-refractivity contribution is 0.450. The van der Waals surface area contributed by atoms with E-state index < -0.39 is 0 Å². The van der Waals surface area contributed by atoms with Crippen molar-refractivity contribution >= 4 is 0 Å². The Hall–Kier alpha value is -0.830. The average molecular weight is 235 g/mol. The van der Waals surface area contributed by atoms with E-state index in [0.29, 0.717) is 0 Å². The van der Waals surface area contributed by atoms with Crippen LogP contribution in [0.4, 0.5) is 0 Å². The van der Waals surface area contributed by atoms with Gasteiger partial charge in [-0.1, -0.05) is 19.8 Å². The minimum atomic E-state index is 0.747. The number of aryl methyl sites for hydroxylation is 1. The number of nitrogens with one attached hydrogen (secondary N) is 1. The van der Waals surface area contributed by atoms with Crippen LogP contribution in [0.15, 0.2) is 12.4 Å². The Kier molecular flexibility index (Phi) is 4.60. The largest absolute Gasteiger partial charge is 0.314 e. The minimum Gasteiger partial charge on any atom is -0.314 e. The highest BCUT2D eigenvalue weighted by molar-refractivity contribution is 5.03. The van der Waals surface area contributed by atoms with Crippen LogP contribution in [-0.2, 0) is 13.5 Å². The van der Waals surface area contributed by atoms with Crippen LogP contribution in [0.3, 0.4) is 0 Å². The van der Waals surface area contributed by atoms with Crippen LogP contribution in [0, 0.1) is 5.92 Å². The third kappa shape index (κ3) is 4.15. The van der Waals surface area contributed by atoms with Crippen molar-refractivity contribution in [3.8, 4) is 0 Å². The molecule has 1 fully saturated rings. The van der Waals surface area contributed by atoms with Crippen LogP contribution in [0.25, 0.3) is 0 Å². The third-order valence-electron chi connectivity index (χ3n) is 3.86. The fourth-order valence-electron chi connectivity index (χ4n) is 2.71. The van der Waals surface area contributed by atoms with Crippen molar-refractivity contribution in [2.75, 3.05) is 6.54 Å². The highest BCUT2D eigenvalue weighted by atomic mass is 15.2. The molecule has 0 bridgehead atoms. The maximum absolute atomic E-state index is 4.20. The van der Waals surface area contributed by atoms with E-state index in [1.165, 1.54) is 37.7 Å². The quantitative estimate of drug-likeness (QED) is 0.813. The molecule has 96 valence electrons. The molecule has 0 aliphatic heterocycles. The van der Waals surface area contributed by atoms with Gasteiger partial charge in [-0.2, -0.15) is 5.10 Å². The fraction of sp³-hybridized carbons (Fsp3) is 0.786. The summed E-state index contributed by atoms with van der Waals surface area (Å²) in [5.41, 5.74) is 1.34. The van der Waals surface area contributed by atoms with Crippen LogP contribution in [-0.4, -0.2) is 22.4 Å². The van der Waals surface area contributed by atoms with Crippen molar-refractivity contribution in [1.29, 1.82) is 0 Å². The molecule has 0 amide bonds. The summed E-state index contributed by atoms with van der Waals surface area (Å²) in [5.74, 6) is 0.931. The third-order valence-corrected chi connectivity index (χ3v) is 3.86. The van der Waals surface area contributed by atoms with E-state index in [0.717, 1.165) is 24.9 Å². The van der Waals surface area contributed by atoms with Gasteiger partial charge < -0.3 is 5.32 Å². The molecule has 2 atom stereocenters. The molecule has 0 spiro atoms. The van der Waals surface area contributed by atoms with Crippen molar-refractivity contribution in [1.82, 2.24) is 15.1 Å². The zero-order valence-electron chi connectivity index (χ0n) is 11.2. The molecule has 1 aromatic rings. The number of hydrogen-bond donors (Lipinski definition) is 1. The van der Waals surface area contributed by atoms with Crippen LogP contribution in [0.5, 0.6) is 0 Å². The highest BCUT2D eigenvalue weighted by Gasteiger charge is 2.15. The van der Waals surface area contributed by atoms with Gasteiger partial charge in [0.15, 0.2) is 0 Å². The molecule has 0 aromatic carbocycles. The molecule has 0 saturated heterocycles. The Balaban J connectivity index is 1.67. The second-order valence-corrected chi connectivity index (χ2v) is 5.54. The van der Waals surface area contributed by atoms with Gasteiger partial charge in [-0.15, -0.1) is 0 Å². The number of hydrogen-bond acceptors (Lipinski definition) is 2. The second-order valence-electron chi connectivity index (χ2n) is 5.54. The van der Waals surface area contributed by atoms with Gasteiger partial charge in [0.25, 0.3) is 0 Å².